The lowest BCUT2D eigenvalue weighted by molar-refractivity contribution is -0.113. The highest BCUT2D eigenvalue weighted by Gasteiger charge is 2.40. The number of nitrogens with zero attached hydrogens (tertiary/aromatic N) is 3. The number of thioether (sulfide) groups is 2. The molecule has 0 spiro atoms. The predicted molar refractivity (Wildman–Crippen MR) is 134 cm³/mol. The Morgan fingerprint density at radius 3 is 2.42 bits per heavy atom. The van der Waals surface area contributed by atoms with Crippen LogP contribution >= 0.6 is 35.1 Å². The topological polar surface area (TPSA) is 45.1 Å². The molecule has 0 aliphatic carbocycles. The zero-order valence-electron chi connectivity index (χ0n) is 17.6. The number of halogens is 2. The van der Waals surface area contributed by atoms with Gasteiger partial charge in [0.2, 0.25) is 0 Å². The smallest absolute Gasteiger partial charge is 0.274 e. The van der Waals surface area contributed by atoms with Gasteiger partial charge in [-0.1, -0.05) is 23.4 Å². The van der Waals surface area contributed by atoms with E-state index in [0.717, 1.165) is 15.6 Å². The standard InChI is InChI=1S/C24H17ClFN3O2S2/c1-28-19-13-14(25)3-12-20(19)32-23(28)21-22(30)29(17-8-4-15(26)5-9-17)24(33-21)27-16-6-10-18(31-2)11-7-16/h3-13H,1-2H3/b23-21-,27-24?. The van der Waals surface area contributed by atoms with Crippen LogP contribution in [-0.4, -0.2) is 25.2 Å². The molecule has 5 nitrogen and oxygen atoms in total. The highest BCUT2D eigenvalue weighted by molar-refractivity contribution is 8.20. The van der Waals surface area contributed by atoms with E-state index in [0.29, 0.717) is 32.2 Å². The van der Waals surface area contributed by atoms with Gasteiger partial charge < -0.3 is 9.64 Å². The fourth-order valence-corrected chi connectivity index (χ4v) is 5.97. The van der Waals surface area contributed by atoms with E-state index in [-0.39, 0.29) is 11.7 Å². The average Bonchev–Trinajstić information content (AvgIpc) is 3.31. The molecule has 1 amide bonds. The summed E-state index contributed by atoms with van der Waals surface area (Å²) in [6.07, 6.45) is 0. The summed E-state index contributed by atoms with van der Waals surface area (Å²) in [5, 5.41) is 1.92. The number of amides is 1. The summed E-state index contributed by atoms with van der Waals surface area (Å²) in [6, 6.07) is 18.7. The van der Waals surface area contributed by atoms with Crippen LogP contribution in [0.15, 0.2) is 86.6 Å². The Hall–Kier alpha value is -2.94. The summed E-state index contributed by atoms with van der Waals surface area (Å²) >= 11 is 8.99. The molecule has 0 unspecified atom stereocenters. The molecule has 33 heavy (non-hydrogen) atoms. The van der Waals surface area contributed by atoms with Gasteiger partial charge >= 0.3 is 0 Å². The zero-order chi connectivity index (χ0) is 23.1. The number of carbonyl (C=O) groups is 1. The molecule has 9 heteroatoms. The van der Waals surface area contributed by atoms with Crippen LogP contribution in [0, 0.1) is 5.82 Å². The molecule has 0 radical (unpaired) electrons. The summed E-state index contributed by atoms with van der Waals surface area (Å²) in [5.41, 5.74) is 2.16. The molecule has 3 aromatic carbocycles. The van der Waals surface area contributed by atoms with Gasteiger partial charge in [0, 0.05) is 17.0 Å². The second-order valence-electron chi connectivity index (χ2n) is 7.22. The molecule has 0 N–H and O–H groups in total. The second kappa shape index (κ2) is 8.78. The molecule has 0 bridgehead atoms. The second-order valence-corrected chi connectivity index (χ2v) is 9.66. The van der Waals surface area contributed by atoms with E-state index in [4.69, 9.17) is 21.3 Å². The first kappa shape index (κ1) is 21.9. The number of methoxy groups -OCH3 is 1. The van der Waals surface area contributed by atoms with Crippen molar-refractivity contribution in [2.75, 3.05) is 24.0 Å². The molecule has 0 atom stereocenters. The Kier molecular flexibility index (Phi) is 5.82. The highest BCUT2D eigenvalue weighted by Crippen LogP contribution is 2.51. The summed E-state index contributed by atoms with van der Waals surface area (Å²) in [4.78, 5) is 23.4. The van der Waals surface area contributed by atoms with Gasteiger partial charge in [-0.15, -0.1) is 0 Å². The van der Waals surface area contributed by atoms with Crippen LogP contribution < -0.4 is 14.5 Å². The zero-order valence-corrected chi connectivity index (χ0v) is 20.0. The molecule has 2 aliphatic heterocycles. The van der Waals surface area contributed by atoms with E-state index in [1.54, 1.807) is 19.2 Å². The number of anilines is 2. The van der Waals surface area contributed by atoms with Crippen molar-refractivity contribution in [3.05, 3.63) is 87.5 Å². The number of ether oxygens (including phenoxy) is 1. The fraction of sp³-hybridized carbons (Fsp3) is 0.0833. The van der Waals surface area contributed by atoms with Crippen molar-refractivity contribution in [1.82, 2.24) is 0 Å². The lowest BCUT2D eigenvalue weighted by Gasteiger charge is -2.17. The molecule has 2 aliphatic rings. The highest BCUT2D eigenvalue weighted by atomic mass is 35.5. The van der Waals surface area contributed by atoms with Crippen LogP contribution in [0.1, 0.15) is 0 Å². The molecule has 2 heterocycles. The third kappa shape index (κ3) is 4.10. The van der Waals surface area contributed by atoms with Gasteiger partial charge in [0.1, 0.15) is 16.5 Å². The molecule has 1 fully saturated rings. The van der Waals surface area contributed by atoms with Crippen molar-refractivity contribution >= 4 is 63.3 Å². The summed E-state index contributed by atoms with van der Waals surface area (Å²) in [5.74, 6) is 0.128. The monoisotopic (exact) mass is 497 g/mol. The molecule has 1 saturated heterocycles. The summed E-state index contributed by atoms with van der Waals surface area (Å²) in [7, 11) is 3.51. The Balaban J connectivity index is 1.59. The van der Waals surface area contributed by atoms with Crippen LogP contribution in [0.2, 0.25) is 5.02 Å². The van der Waals surface area contributed by atoms with Crippen molar-refractivity contribution in [2.45, 2.75) is 4.90 Å². The molecular weight excluding hydrogens is 481 g/mol. The maximum atomic E-state index is 13.6. The SMILES string of the molecule is COc1ccc(N=C2S/C(=C3\Sc4ccc(Cl)cc4N3C)C(=O)N2c2ccc(F)cc2)cc1. The number of carbonyl (C=O) groups excluding carboxylic acids is 1. The van der Waals surface area contributed by atoms with Crippen LogP contribution in [0.4, 0.5) is 21.5 Å². The van der Waals surface area contributed by atoms with E-state index in [1.165, 1.54) is 40.6 Å². The maximum Gasteiger partial charge on any atom is 0.274 e. The molecule has 166 valence electrons. The fourth-order valence-electron chi connectivity index (χ4n) is 3.48. The molecule has 3 aromatic rings. The van der Waals surface area contributed by atoms with E-state index in [2.05, 4.69) is 0 Å². The third-order valence-electron chi connectivity index (χ3n) is 5.15. The molecule has 5 rings (SSSR count). The number of amidine groups is 1. The van der Waals surface area contributed by atoms with Crippen LogP contribution in [0.25, 0.3) is 0 Å². The summed E-state index contributed by atoms with van der Waals surface area (Å²) in [6.45, 7) is 0. The van der Waals surface area contributed by atoms with Gasteiger partial charge in [-0.2, -0.15) is 0 Å². The minimum Gasteiger partial charge on any atom is -0.497 e. The molecular formula is C24H17ClFN3O2S2. The number of aliphatic imine (C=N–C) groups is 1. The predicted octanol–water partition coefficient (Wildman–Crippen LogP) is 6.67. The number of fused-ring (bicyclic) bond motifs is 1. The van der Waals surface area contributed by atoms with Gasteiger partial charge in [0.25, 0.3) is 5.91 Å². The lowest BCUT2D eigenvalue weighted by atomic mass is 10.2. The number of hydrogen-bond acceptors (Lipinski definition) is 6. The molecule has 0 saturated carbocycles. The van der Waals surface area contributed by atoms with E-state index in [9.17, 15) is 9.18 Å². The van der Waals surface area contributed by atoms with Gasteiger partial charge in [0.05, 0.1) is 29.2 Å². The largest absolute Gasteiger partial charge is 0.497 e. The van der Waals surface area contributed by atoms with E-state index >= 15 is 0 Å². The van der Waals surface area contributed by atoms with Crippen molar-refractivity contribution in [2.24, 2.45) is 4.99 Å². The van der Waals surface area contributed by atoms with E-state index in [1.807, 2.05) is 54.4 Å². The Labute approximate surface area is 203 Å². The van der Waals surface area contributed by atoms with E-state index < -0.39 is 0 Å². The molecule has 0 aromatic heterocycles. The minimum absolute atomic E-state index is 0.216. The van der Waals surface area contributed by atoms with Crippen LogP contribution in [-0.2, 0) is 4.79 Å². The van der Waals surface area contributed by atoms with Crippen molar-refractivity contribution in [3.63, 3.8) is 0 Å². The van der Waals surface area contributed by atoms with Gasteiger partial charge in [-0.3, -0.25) is 9.69 Å². The number of rotatable bonds is 3. The van der Waals surface area contributed by atoms with Crippen molar-refractivity contribution in [3.8, 4) is 5.75 Å². The first-order valence-electron chi connectivity index (χ1n) is 9.90. The number of hydrogen-bond donors (Lipinski definition) is 0. The van der Waals surface area contributed by atoms with Crippen molar-refractivity contribution in [1.29, 1.82) is 0 Å². The van der Waals surface area contributed by atoms with Gasteiger partial charge in [-0.05, 0) is 78.5 Å². The number of benzene rings is 3. The normalized spacial score (nSPS) is 18.9. The Morgan fingerprint density at radius 1 is 1.00 bits per heavy atom. The first-order chi connectivity index (χ1) is 15.9. The average molecular weight is 498 g/mol. The van der Waals surface area contributed by atoms with Crippen LogP contribution in [0.5, 0.6) is 5.75 Å². The van der Waals surface area contributed by atoms with Gasteiger partial charge in [0.15, 0.2) is 5.17 Å². The Morgan fingerprint density at radius 2 is 1.73 bits per heavy atom. The Bertz CT molecular complexity index is 1310. The van der Waals surface area contributed by atoms with Gasteiger partial charge in [-0.25, -0.2) is 9.38 Å². The summed E-state index contributed by atoms with van der Waals surface area (Å²) < 4.78 is 18.8. The minimum atomic E-state index is -0.372. The van der Waals surface area contributed by atoms with Crippen molar-refractivity contribution < 1.29 is 13.9 Å². The quantitative estimate of drug-likeness (QED) is 0.378. The maximum absolute atomic E-state index is 13.6. The van der Waals surface area contributed by atoms with Crippen LogP contribution in [0.3, 0.4) is 0 Å². The third-order valence-corrected chi connectivity index (χ3v) is 7.78. The first-order valence-corrected chi connectivity index (χ1v) is 11.9. The lowest BCUT2D eigenvalue weighted by Crippen LogP contribution is -2.29.